The fraction of sp³-hybridized carbons (Fsp3) is 0.444. The van der Waals surface area contributed by atoms with E-state index < -0.39 is 17.9 Å². The van der Waals surface area contributed by atoms with Crippen molar-refractivity contribution in [3.8, 4) is 11.5 Å². The molecule has 0 spiro atoms. The second-order valence-electron chi connectivity index (χ2n) is 5.58. The maximum atomic E-state index is 12.6. The van der Waals surface area contributed by atoms with Gasteiger partial charge in [0.2, 0.25) is 0 Å². The maximum absolute atomic E-state index is 12.6. The van der Waals surface area contributed by atoms with Gasteiger partial charge in [0, 0.05) is 6.07 Å². The Balaban J connectivity index is 2.19. The number of phenolic OH excluding ortho intramolecular Hbond substituents is 2. The van der Waals surface area contributed by atoms with Crippen molar-refractivity contribution in [1.82, 2.24) is 0 Å². The number of hydrogen-bond donors (Lipinski definition) is 2. The quantitative estimate of drug-likeness (QED) is 0.328. The van der Waals surface area contributed by atoms with Crippen LogP contribution < -0.4 is 0 Å². The molecule has 24 heavy (non-hydrogen) atoms. The standard InChI is InChI=1S/C18H22O6/c1-3-5-6-7-14-18(24-14)17(22)16-11(9-15(21)23-4-2)8-12(19)10-13(16)20/h6-8,10,14,18-20H,3-5,9H2,1-2H3/b7-6+/t14-,18+/m0/s1. The highest BCUT2D eigenvalue weighted by Crippen LogP contribution is 2.34. The van der Waals surface area contributed by atoms with E-state index in [-0.39, 0.29) is 41.8 Å². The van der Waals surface area contributed by atoms with Gasteiger partial charge in [-0.25, -0.2) is 0 Å². The summed E-state index contributed by atoms with van der Waals surface area (Å²) >= 11 is 0. The van der Waals surface area contributed by atoms with E-state index in [0.29, 0.717) is 0 Å². The van der Waals surface area contributed by atoms with Gasteiger partial charge in [0.1, 0.15) is 17.6 Å². The van der Waals surface area contributed by atoms with Gasteiger partial charge in [-0.05, 0) is 25.0 Å². The third-order valence-electron chi connectivity index (χ3n) is 3.64. The molecule has 0 aliphatic carbocycles. The van der Waals surface area contributed by atoms with Crippen LogP contribution in [0.25, 0.3) is 0 Å². The lowest BCUT2D eigenvalue weighted by molar-refractivity contribution is -0.142. The Hall–Kier alpha value is -2.34. The van der Waals surface area contributed by atoms with Crippen LogP contribution in [-0.4, -0.2) is 40.8 Å². The summed E-state index contributed by atoms with van der Waals surface area (Å²) in [5, 5.41) is 19.7. The lowest BCUT2D eigenvalue weighted by Crippen LogP contribution is -2.16. The molecule has 2 rings (SSSR count). The largest absolute Gasteiger partial charge is 0.508 e. The van der Waals surface area contributed by atoms with Gasteiger partial charge in [0.15, 0.2) is 11.9 Å². The van der Waals surface area contributed by atoms with Crippen LogP contribution in [0.1, 0.15) is 42.6 Å². The molecule has 0 amide bonds. The van der Waals surface area contributed by atoms with Crippen LogP contribution in [-0.2, 0) is 20.7 Å². The van der Waals surface area contributed by atoms with E-state index in [4.69, 9.17) is 9.47 Å². The third kappa shape index (κ3) is 4.35. The van der Waals surface area contributed by atoms with Gasteiger partial charge in [-0.3, -0.25) is 9.59 Å². The summed E-state index contributed by atoms with van der Waals surface area (Å²) in [6, 6.07) is 2.36. The van der Waals surface area contributed by atoms with E-state index in [0.717, 1.165) is 18.9 Å². The molecule has 130 valence electrons. The number of rotatable bonds is 8. The molecule has 0 unspecified atom stereocenters. The van der Waals surface area contributed by atoms with Crippen molar-refractivity contribution in [3.63, 3.8) is 0 Å². The van der Waals surface area contributed by atoms with Crippen LogP contribution in [0.3, 0.4) is 0 Å². The summed E-state index contributed by atoms with van der Waals surface area (Å²) in [5.74, 6) is -1.53. The average Bonchev–Trinajstić information content (AvgIpc) is 3.26. The molecule has 0 radical (unpaired) electrons. The number of ketones is 1. The van der Waals surface area contributed by atoms with Crippen LogP contribution in [0.4, 0.5) is 0 Å². The number of Topliss-reactive ketones (excluding diaryl/α,β-unsaturated/α-hetero) is 1. The fourth-order valence-corrected chi connectivity index (χ4v) is 2.48. The lowest BCUT2D eigenvalue weighted by atomic mass is 9.96. The first-order chi connectivity index (χ1) is 11.5. The number of benzene rings is 1. The van der Waals surface area contributed by atoms with Crippen LogP contribution in [0.2, 0.25) is 0 Å². The second-order valence-corrected chi connectivity index (χ2v) is 5.58. The number of esters is 1. The number of allylic oxidation sites excluding steroid dienone is 1. The predicted octanol–water partition coefficient (Wildman–Crippen LogP) is 2.51. The third-order valence-corrected chi connectivity index (χ3v) is 3.64. The van der Waals surface area contributed by atoms with Crippen molar-refractivity contribution in [2.75, 3.05) is 6.61 Å². The molecule has 2 atom stereocenters. The Morgan fingerprint density at radius 3 is 2.71 bits per heavy atom. The highest BCUT2D eigenvalue weighted by molar-refractivity contribution is 6.05. The van der Waals surface area contributed by atoms with E-state index >= 15 is 0 Å². The van der Waals surface area contributed by atoms with Crippen molar-refractivity contribution >= 4 is 11.8 Å². The molecular formula is C18H22O6. The first-order valence-corrected chi connectivity index (χ1v) is 8.04. The SMILES string of the molecule is CCC/C=C/[C@@H]1O[C@H]1C(=O)c1c(O)cc(O)cc1CC(=O)OCC. The molecule has 1 fully saturated rings. The van der Waals surface area contributed by atoms with Crippen molar-refractivity contribution in [3.05, 3.63) is 35.4 Å². The first-order valence-electron chi connectivity index (χ1n) is 8.04. The molecule has 1 saturated heterocycles. The van der Waals surface area contributed by atoms with Gasteiger partial charge in [0.05, 0.1) is 18.6 Å². The molecule has 6 nitrogen and oxygen atoms in total. The van der Waals surface area contributed by atoms with Gasteiger partial charge < -0.3 is 19.7 Å². The summed E-state index contributed by atoms with van der Waals surface area (Å²) in [5.41, 5.74) is 0.222. The van der Waals surface area contributed by atoms with Gasteiger partial charge in [0.25, 0.3) is 0 Å². The smallest absolute Gasteiger partial charge is 0.310 e. The number of hydrogen-bond acceptors (Lipinski definition) is 6. The Kier molecular flexibility index (Phi) is 5.98. The minimum absolute atomic E-state index is 0.00255. The molecule has 1 aromatic rings. The Morgan fingerprint density at radius 1 is 1.29 bits per heavy atom. The van der Waals surface area contributed by atoms with E-state index in [1.54, 1.807) is 6.92 Å². The molecule has 0 bridgehead atoms. The highest BCUT2D eigenvalue weighted by atomic mass is 16.6. The van der Waals surface area contributed by atoms with Crippen LogP contribution in [0.15, 0.2) is 24.3 Å². The number of phenols is 2. The lowest BCUT2D eigenvalue weighted by Gasteiger charge is -2.10. The van der Waals surface area contributed by atoms with Gasteiger partial charge >= 0.3 is 5.97 Å². The normalized spacial score (nSPS) is 19.4. The molecule has 0 aromatic heterocycles. The summed E-state index contributed by atoms with van der Waals surface area (Å²) in [4.78, 5) is 24.3. The fourth-order valence-electron chi connectivity index (χ4n) is 2.48. The minimum Gasteiger partial charge on any atom is -0.508 e. The van der Waals surface area contributed by atoms with E-state index in [9.17, 15) is 19.8 Å². The molecular weight excluding hydrogens is 312 g/mol. The molecule has 2 N–H and O–H groups in total. The molecule has 6 heteroatoms. The van der Waals surface area contributed by atoms with Crippen molar-refractivity contribution in [1.29, 1.82) is 0 Å². The van der Waals surface area contributed by atoms with Gasteiger partial charge in [-0.15, -0.1) is 0 Å². The minimum atomic E-state index is -0.672. The van der Waals surface area contributed by atoms with E-state index in [1.807, 2.05) is 12.2 Å². The molecule has 0 saturated carbocycles. The van der Waals surface area contributed by atoms with E-state index in [1.165, 1.54) is 6.07 Å². The van der Waals surface area contributed by atoms with Crippen molar-refractivity contribution in [2.45, 2.75) is 45.3 Å². The zero-order valence-corrected chi connectivity index (χ0v) is 13.8. The molecule has 1 aromatic carbocycles. The number of carbonyl (C=O) groups is 2. The number of epoxide rings is 1. The monoisotopic (exact) mass is 334 g/mol. The van der Waals surface area contributed by atoms with Crippen LogP contribution in [0, 0.1) is 0 Å². The Morgan fingerprint density at radius 2 is 2.04 bits per heavy atom. The predicted molar refractivity (Wildman–Crippen MR) is 87.1 cm³/mol. The molecule has 1 heterocycles. The van der Waals surface area contributed by atoms with Gasteiger partial charge in [-0.2, -0.15) is 0 Å². The van der Waals surface area contributed by atoms with E-state index in [2.05, 4.69) is 6.92 Å². The first kappa shape index (κ1) is 18.0. The number of aromatic hydroxyl groups is 2. The molecule has 1 aliphatic rings. The topological polar surface area (TPSA) is 96.4 Å². The average molecular weight is 334 g/mol. The molecule has 1 aliphatic heterocycles. The maximum Gasteiger partial charge on any atom is 0.310 e. The Bertz CT molecular complexity index is 649. The zero-order valence-electron chi connectivity index (χ0n) is 13.8. The number of unbranched alkanes of at least 4 members (excludes halogenated alkanes) is 1. The van der Waals surface area contributed by atoms with Gasteiger partial charge in [-0.1, -0.05) is 25.5 Å². The van der Waals surface area contributed by atoms with Crippen molar-refractivity contribution in [2.24, 2.45) is 0 Å². The summed E-state index contributed by atoms with van der Waals surface area (Å²) in [6.45, 7) is 3.94. The summed E-state index contributed by atoms with van der Waals surface area (Å²) in [6.07, 6.45) is 4.49. The Labute approximate surface area is 140 Å². The summed E-state index contributed by atoms with van der Waals surface area (Å²) < 4.78 is 10.2. The van der Waals surface area contributed by atoms with Crippen LogP contribution >= 0.6 is 0 Å². The highest BCUT2D eigenvalue weighted by Gasteiger charge is 2.44. The zero-order chi connectivity index (χ0) is 17.7. The van der Waals surface area contributed by atoms with Crippen LogP contribution in [0.5, 0.6) is 11.5 Å². The summed E-state index contributed by atoms with van der Waals surface area (Å²) in [7, 11) is 0. The number of ether oxygens (including phenoxy) is 2. The second kappa shape index (κ2) is 7.97. The number of carbonyl (C=O) groups excluding carboxylic acids is 2. The van der Waals surface area contributed by atoms with Crippen molar-refractivity contribution < 1.29 is 29.3 Å².